The van der Waals surface area contributed by atoms with E-state index in [2.05, 4.69) is 9.72 Å². The number of carbonyl (C=O) groups is 1. The van der Waals surface area contributed by atoms with E-state index in [0.29, 0.717) is 29.3 Å². The Kier molecular flexibility index (Phi) is 6.68. The maximum absolute atomic E-state index is 13.9. The first-order valence-corrected chi connectivity index (χ1v) is 12.6. The summed E-state index contributed by atoms with van der Waals surface area (Å²) in [7, 11) is 3.45. The van der Waals surface area contributed by atoms with Crippen molar-refractivity contribution in [3.8, 4) is 33.2 Å². The molecule has 3 heterocycles. The number of fused-ring (bicyclic) bond motifs is 3. The minimum atomic E-state index is -0.378. The Morgan fingerprint density at radius 1 is 1.29 bits per heavy atom. The minimum Gasteiger partial charge on any atom is -0.493 e. The van der Waals surface area contributed by atoms with E-state index < -0.39 is 0 Å². The number of methoxy groups -OCH3 is 1. The molecule has 1 amide bonds. The van der Waals surface area contributed by atoms with Gasteiger partial charge in [0.25, 0.3) is 5.91 Å². The number of aromatic nitrogens is 1. The molecule has 35 heavy (non-hydrogen) atoms. The highest BCUT2D eigenvalue weighted by molar-refractivity contribution is 7.13. The maximum Gasteiger partial charge on any atom is 0.271 e. The molecule has 186 valence electrons. The smallest absolute Gasteiger partial charge is 0.271 e. The van der Waals surface area contributed by atoms with Crippen LogP contribution in [-0.2, 0) is 13.0 Å². The van der Waals surface area contributed by atoms with Crippen molar-refractivity contribution in [2.75, 3.05) is 14.2 Å². The minimum absolute atomic E-state index is 0.0243. The second-order valence-electron chi connectivity index (χ2n) is 9.97. The van der Waals surface area contributed by atoms with Gasteiger partial charge in [-0.25, -0.2) is 0 Å². The van der Waals surface area contributed by atoms with Crippen molar-refractivity contribution in [2.24, 2.45) is 5.16 Å². The Morgan fingerprint density at radius 3 is 2.60 bits per heavy atom. The van der Waals surface area contributed by atoms with E-state index in [4.69, 9.17) is 9.47 Å². The zero-order valence-electron chi connectivity index (χ0n) is 21.4. The summed E-state index contributed by atoms with van der Waals surface area (Å²) in [4.78, 5) is 16.6. The molecule has 0 fully saturated rings. The number of amides is 1. The fourth-order valence-corrected chi connectivity index (χ4v) is 5.24. The first kappa shape index (κ1) is 24.9. The second kappa shape index (κ2) is 9.41. The third-order valence-corrected chi connectivity index (χ3v) is 7.27. The van der Waals surface area contributed by atoms with E-state index in [1.807, 2.05) is 71.3 Å². The highest BCUT2D eigenvalue weighted by atomic mass is 32.1. The molecular formula is C27H33N3O4S. The molecule has 0 saturated carbocycles. The number of rotatable bonds is 6. The lowest BCUT2D eigenvalue weighted by Crippen LogP contribution is -2.43. The van der Waals surface area contributed by atoms with Crippen LogP contribution in [0.5, 0.6) is 11.5 Å². The molecule has 0 radical (unpaired) electrons. The normalized spacial score (nSPS) is 13.1. The van der Waals surface area contributed by atoms with E-state index in [-0.39, 0.29) is 17.6 Å². The van der Waals surface area contributed by atoms with Gasteiger partial charge in [0, 0.05) is 40.7 Å². The average Bonchev–Trinajstić information content (AvgIpc) is 3.43. The number of oxime groups is 1. The Morgan fingerprint density at radius 2 is 2.03 bits per heavy atom. The lowest BCUT2D eigenvalue weighted by molar-refractivity contribution is 0.0644. The standard InChI is InChI=1S/C27H33N3O4S/c1-16(2)34-21-14-18-17(13-20(21)33-7)10-11-30-24(18)23(22-9-8-12-35-22)19(15-28-32)25(30)26(31)29(6)27(3,4)5/h8-9,12-16,32H,10-11H2,1-7H3/b28-15+. The Hall–Kier alpha value is -3.26. The Labute approximate surface area is 210 Å². The molecule has 7 nitrogen and oxygen atoms in total. The fourth-order valence-electron chi connectivity index (χ4n) is 4.46. The first-order chi connectivity index (χ1) is 16.6. The summed E-state index contributed by atoms with van der Waals surface area (Å²) in [5.74, 6) is 1.23. The zero-order chi connectivity index (χ0) is 25.5. The van der Waals surface area contributed by atoms with Crippen LogP contribution in [0.1, 0.15) is 56.2 Å². The fraction of sp³-hybridized carbons (Fsp3) is 0.407. The number of aryl methyl sites for hydroxylation is 1. The van der Waals surface area contributed by atoms with Gasteiger partial charge in [-0.15, -0.1) is 11.3 Å². The average molecular weight is 496 g/mol. The van der Waals surface area contributed by atoms with Crippen LogP contribution in [0, 0.1) is 0 Å². The quantitative estimate of drug-likeness (QED) is 0.262. The molecule has 2 aromatic heterocycles. The van der Waals surface area contributed by atoms with Gasteiger partial charge in [0.2, 0.25) is 0 Å². The SMILES string of the molecule is COc1cc2c(cc1OC(C)C)-c1c(-c3cccs3)c(/C=N/O)c(C(=O)N(C)C(C)(C)C)n1CC2. The van der Waals surface area contributed by atoms with Crippen LogP contribution in [-0.4, -0.2) is 52.6 Å². The van der Waals surface area contributed by atoms with Gasteiger partial charge >= 0.3 is 0 Å². The van der Waals surface area contributed by atoms with E-state index in [9.17, 15) is 10.0 Å². The molecule has 0 aliphatic carbocycles. The van der Waals surface area contributed by atoms with Crippen molar-refractivity contribution >= 4 is 23.5 Å². The monoisotopic (exact) mass is 495 g/mol. The molecule has 1 aliphatic rings. The van der Waals surface area contributed by atoms with Gasteiger partial charge in [-0.05, 0) is 70.2 Å². The van der Waals surface area contributed by atoms with Crippen LogP contribution in [0.2, 0.25) is 0 Å². The predicted octanol–water partition coefficient (Wildman–Crippen LogP) is 5.91. The number of ether oxygens (including phenoxy) is 2. The zero-order valence-corrected chi connectivity index (χ0v) is 22.2. The molecule has 0 atom stereocenters. The summed E-state index contributed by atoms with van der Waals surface area (Å²) in [5, 5.41) is 15.0. The van der Waals surface area contributed by atoms with Crippen LogP contribution in [0.15, 0.2) is 34.8 Å². The number of thiophene rings is 1. The largest absolute Gasteiger partial charge is 0.493 e. The molecule has 3 aromatic rings. The number of hydrogen-bond donors (Lipinski definition) is 1. The highest BCUT2D eigenvalue weighted by Crippen LogP contribution is 2.47. The number of hydrogen-bond acceptors (Lipinski definition) is 6. The molecule has 1 aromatic carbocycles. The summed E-state index contributed by atoms with van der Waals surface area (Å²) in [6.45, 7) is 10.6. The molecule has 4 rings (SSSR count). The summed E-state index contributed by atoms with van der Waals surface area (Å²) in [5.41, 5.74) is 4.66. The number of carbonyl (C=O) groups excluding carboxylic acids is 1. The van der Waals surface area contributed by atoms with Gasteiger partial charge in [-0.3, -0.25) is 4.79 Å². The van der Waals surface area contributed by atoms with Crippen molar-refractivity contribution < 1.29 is 19.5 Å². The summed E-state index contributed by atoms with van der Waals surface area (Å²) >= 11 is 1.59. The third-order valence-electron chi connectivity index (χ3n) is 6.38. The summed E-state index contributed by atoms with van der Waals surface area (Å²) in [6.07, 6.45) is 2.09. The van der Waals surface area contributed by atoms with Crippen molar-refractivity contribution in [1.82, 2.24) is 9.47 Å². The van der Waals surface area contributed by atoms with Crippen LogP contribution in [0.3, 0.4) is 0 Å². The number of nitrogens with zero attached hydrogens (tertiary/aromatic N) is 3. The van der Waals surface area contributed by atoms with E-state index >= 15 is 0 Å². The lowest BCUT2D eigenvalue weighted by Gasteiger charge is -2.33. The van der Waals surface area contributed by atoms with Crippen LogP contribution >= 0.6 is 11.3 Å². The topological polar surface area (TPSA) is 76.3 Å². The van der Waals surface area contributed by atoms with Gasteiger partial charge in [0.1, 0.15) is 5.69 Å². The lowest BCUT2D eigenvalue weighted by atomic mass is 9.94. The van der Waals surface area contributed by atoms with Crippen LogP contribution < -0.4 is 9.47 Å². The van der Waals surface area contributed by atoms with Crippen molar-refractivity contribution in [1.29, 1.82) is 0 Å². The summed E-state index contributed by atoms with van der Waals surface area (Å²) in [6, 6.07) is 8.06. The molecule has 0 saturated heterocycles. The Bertz CT molecular complexity index is 1270. The highest BCUT2D eigenvalue weighted by Gasteiger charge is 2.35. The van der Waals surface area contributed by atoms with Crippen LogP contribution in [0.25, 0.3) is 21.7 Å². The van der Waals surface area contributed by atoms with E-state index in [1.165, 1.54) is 6.21 Å². The van der Waals surface area contributed by atoms with Gasteiger partial charge in [0.05, 0.1) is 25.1 Å². The molecule has 0 unspecified atom stereocenters. The van der Waals surface area contributed by atoms with Gasteiger partial charge in [-0.1, -0.05) is 11.2 Å². The molecule has 1 aliphatic heterocycles. The van der Waals surface area contributed by atoms with Crippen molar-refractivity contribution in [3.05, 3.63) is 46.5 Å². The first-order valence-electron chi connectivity index (χ1n) is 11.7. The molecule has 0 spiro atoms. The summed E-state index contributed by atoms with van der Waals surface area (Å²) < 4.78 is 13.8. The van der Waals surface area contributed by atoms with Gasteiger partial charge in [0.15, 0.2) is 11.5 Å². The van der Waals surface area contributed by atoms with Crippen molar-refractivity contribution in [3.63, 3.8) is 0 Å². The van der Waals surface area contributed by atoms with E-state index in [1.54, 1.807) is 23.3 Å². The third kappa shape index (κ3) is 4.43. The van der Waals surface area contributed by atoms with Crippen LogP contribution in [0.4, 0.5) is 0 Å². The molecule has 0 bridgehead atoms. The van der Waals surface area contributed by atoms with Gasteiger partial charge < -0.3 is 24.1 Å². The van der Waals surface area contributed by atoms with Crippen molar-refractivity contribution in [2.45, 2.75) is 59.2 Å². The Balaban J connectivity index is 2.07. The van der Waals surface area contributed by atoms with E-state index in [0.717, 1.165) is 33.7 Å². The maximum atomic E-state index is 13.9. The second-order valence-corrected chi connectivity index (χ2v) is 10.9. The predicted molar refractivity (Wildman–Crippen MR) is 140 cm³/mol. The molecule has 8 heteroatoms. The molecular weight excluding hydrogens is 462 g/mol. The van der Waals surface area contributed by atoms with Gasteiger partial charge in [-0.2, -0.15) is 0 Å². The number of benzene rings is 1. The molecule has 1 N–H and O–H groups in total.